The molecule has 0 aliphatic carbocycles. The fourth-order valence-corrected chi connectivity index (χ4v) is 2.08. The molecule has 6 nitrogen and oxygen atoms in total. The van der Waals surface area contributed by atoms with Gasteiger partial charge in [-0.25, -0.2) is 0 Å². The Morgan fingerprint density at radius 3 is 1.07 bits per heavy atom. The van der Waals surface area contributed by atoms with E-state index in [9.17, 15) is 34.4 Å². The molecule has 0 aromatic heterocycles. The summed E-state index contributed by atoms with van der Waals surface area (Å²) in [5, 5.41) is 0. The Balaban J connectivity index is -0.000000845. The van der Waals surface area contributed by atoms with Gasteiger partial charge < -0.3 is 1.43 Å². The number of halogens is 4. The van der Waals surface area contributed by atoms with Gasteiger partial charge in [0.1, 0.15) is 0 Å². The predicted molar refractivity (Wildman–Crippen MR) is 34.1 cm³/mol. The van der Waals surface area contributed by atoms with Gasteiger partial charge in [-0.3, -0.25) is 9.11 Å². The summed E-state index contributed by atoms with van der Waals surface area (Å²) < 4.78 is 96.3. The molecule has 0 saturated heterocycles. The van der Waals surface area contributed by atoms with Crippen LogP contribution in [0.5, 0.6) is 0 Å². The average Bonchev–Trinajstić information content (AvgIpc) is 1.77. The van der Waals surface area contributed by atoms with Crippen molar-refractivity contribution in [3.05, 3.63) is 0 Å². The van der Waals surface area contributed by atoms with Gasteiger partial charge in [0.25, 0.3) is 0 Å². The minimum absolute atomic E-state index is 0. The first-order chi connectivity index (χ1) is 5.75. The van der Waals surface area contributed by atoms with Crippen molar-refractivity contribution in [3.63, 3.8) is 0 Å². The van der Waals surface area contributed by atoms with Crippen molar-refractivity contribution >= 4 is 20.2 Å². The van der Waals surface area contributed by atoms with Crippen LogP contribution < -0.4 is 29.6 Å². The molecule has 0 amide bonds. The van der Waals surface area contributed by atoms with Gasteiger partial charge >= 0.3 is 60.3 Å². The molecule has 0 bridgehead atoms. The van der Waals surface area contributed by atoms with Crippen LogP contribution in [0.3, 0.4) is 0 Å². The summed E-state index contributed by atoms with van der Waals surface area (Å²) >= 11 is 0. The SMILES string of the molecule is O=S(=O)(O)C(F)(C(F)(F)F)S(=O)(=O)O.[H-].[Na+]. The smallest absolute Gasteiger partial charge is 1.00 e. The van der Waals surface area contributed by atoms with E-state index in [1.165, 1.54) is 0 Å². The largest absolute Gasteiger partial charge is 1.00 e. The van der Waals surface area contributed by atoms with E-state index < -0.39 is 30.7 Å². The molecule has 0 rings (SSSR count). The van der Waals surface area contributed by atoms with Gasteiger partial charge in [0.05, 0.1) is 0 Å². The molecule has 88 valence electrons. The van der Waals surface area contributed by atoms with Crippen LogP contribution >= 0.6 is 0 Å². The number of rotatable bonds is 2. The summed E-state index contributed by atoms with van der Waals surface area (Å²) in [5.41, 5.74) is 0. The predicted octanol–water partition coefficient (Wildman–Crippen LogP) is -2.94. The molecule has 15 heavy (non-hydrogen) atoms. The zero-order chi connectivity index (χ0) is 12.0. The van der Waals surface area contributed by atoms with E-state index in [1.807, 2.05) is 0 Å². The molecular formula is C2H3F4NaO6S2. The quantitative estimate of drug-likeness (QED) is 0.319. The Labute approximate surface area is 105 Å². The first kappa shape index (κ1) is 17.9. The Morgan fingerprint density at radius 2 is 1.07 bits per heavy atom. The van der Waals surface area contributed by atoms with Gasteiger partial charge in [-0.05, 0) is 0 Å². The zero-order valence-corrected chi connectivity index (χ0v) is 10.5. The van der Waals surface area contributed by atoms with Crippen molar-refractivity contribution in [2.75, 3.05) is 0 Å². The molecule has 0 radical (unpaired) electrons. The molecule has 0 spiro atoms. The van der Waals surface area contributed by atoms with Crippen LogP contribution in [0.1, 0.15) is 1.43 Å². The van der Waals surface area contributed by atoms with Crippen molar-refractivity contribution in [3.8, 4) is 0 Å². The molecule has 0 aromatic rings. The van der Waals surface area contributed by atoms with Crippen molar-refractivity contribution in [2.24, 2.45) is 0 Å². The van der Waals surface area contributed by atoms with E-state index in [0.717, 1.165) is 0 Å². The summed E-state index contributed by atoms with van der Waals surface area (Å²) in [6, 6.07) is 0. The Morgan fingerprint density at radius 1 is 0.867 bits per heavy atom. The summed E-state index contributed by atoms with van der Waals surface area (Å²) in [4.78, 5) is 0. The minimum atomic E-state index is -6.71. The van der Waals surface area contributed by atoms with E-state index in [1.54, 1.807) is 0 Å². The topological polar surface area (TPSA) is 109 Å². The maximum Gasteiger partial charge on any atom is 1.00 e. The first-order valence-corrected chi connectivity index (χ1v) is 5.33. The zero-order valence-electron chi connectivity index (χ0n) is 7.86. The van der Waals surface area contributed by atoms with Crippen molar-refractivity contribution < 1.29 is 74.5 Å². The monoisotopic (exact) mass is 286 g/mol. The second kappa shape index (κ2) is 4.43. The van der Waals surface area contributed by atoms with Gasteiger partial charge in [-0.2, -0.15) is 34.4 Å². The minimum Gasteiger partial charge on any atom is -1.00 e. The van der Waals surface area contributed by atoms with Gasteiger partial charge in [0.15, 0.2) is 0 Å². The molecule has 13 heteroatoms. The summed E-state index contributed by atoms with van der Waals surface area (Å²) in [5.74, 6) is 0. The maximum absolute atomic E-state index is 12.5. The molecule has 0 unspecified atom stereocenters. The van der Waals surface area contributed by atoms with Crippen LogP contribution in [0.4, 0.5) is 17.6 Å². The van der Waals surface area contributed by atoms with Gasteiger partial charge in [-0.1, -0.05) is 0 Å². The van der Waals surface area contributed by atoms with E-state index in [4.69, 9.17) is 9.11 Å². The molecule has 0 heterocycles. The Hall–Kier alpha value is 0.540. The van der Waals surface area contributed by atoms with Crippen LogP contribution in [-0.4, -0.2) is 36.5 Å². The molecular weight excluding hydrogens is 283 g/mol. The van der Waals surface area contributed by atoms with E-state index in [0.29, 0.717) is 0 Å². The third kappa shape index (κ3) is 3.01. The second-order valence-corrected chi connectivity index (χ2v) is 5.27. The molecule has 2 N–H and O–H groups in total. The van der Waals surface area contributed by atoms with Crippen molar-refractivity contribution in [2.45, 2.75) is 10.5 Å². The van der Waals surface area contributed by atoms with E-state index in [-0.39, 0.29) is 31.0 Å². The molecule has 0 atom stereocenters. The average molecular weight is 286 g/mol. The molecule has 0 aromatic carbocycles. The van der Waals surface area contributed by atoms with Crippen LogP contribution in [-0.2, 0) is 20.2 Å². The van der Waals surface area contributed by atoms with Crippen molar-refractivity contribution in [1.82, 2.24) is 0 Å². The van der Waals surface area contributed by atoms with Gasteiger partial charge in [-0.15, -0.1) is 0 Å². The first-order valence-electron chi connectivity index (χ1n) is 2.45. The van der Waals surface area contributed by atoms with Crippen molar-refractivity contribution in [1.29, 1.82) is 0 Å². The van der Waals surface area contributed by atoms with E-state index >= 15 is 0 Å². The number of alkyl halides is 4. The second-order valence-electron chi connectivity index (χ2n) is 1.98. The molecule has 0 aliphatic rings. The van der Waals surface area contributed by atoms with Gasteiger partial charge in [0, 0.05) is 0 Å². The fraction of sp³-hybridized carbons (Fsp3) is 1.00. The van der Waals surface area contributed by atoms with Crippen LogP contribution in [0.15, 0.2) is 0 Å². The number of hydrogen-bond acceptors (Lipinski definition) is 4. The molecule has 0 fully saturated rings. The summed E-state index contributed by atoms with van der Waals surface area (Å²) in [6.45, 7) is 0. The van der Waals surface area contributed by atoms with Crippen LogP contribution in [0.2, 0.25) is 0 Å². The standard InChI is InChI=1S/C2H2F4O6S2.Na.H/c3-1(4,5)2(6,13(7,8)9)14(10,11)12;;/h(H,7,8,9)(H,10,11,12);;/q;+1;-1. The fourth-order valence-electron chi connectivity index (χ4n) is 0.426. The molecule has 0 aliphatic heterocycles. The van der Waals surface area contributed by atoms with E-state index in [2.05, 4.69) is 0 Å². The maximum atomic E-state index is 12.5. The van der Waals surface area contributed by atoms with Crippen LogP contribution in [0, 0.1) is 0 Å². The Kier molecular flexibility index (Phi) is 5.29. The number of hydrogen-bond donors (Lipinski definition) is 2. The summed E-state index contributed by atoms with van der Waals surface area (Å²) in [7, 11) is -13.4. The molecule has 0 saturated carbocycles. The normalized spacial score (nSPS) is 14.5. The third-order valence-electron chi connectivity index (χ3n) is 1.00. The third-order valence-corrected chi connectivity index (χ3v) is 4.06. The Bertz CT molecular complexity index is 394. The van der Waals surface area contributed by atoms with Crippen LogP contribution in [0.25, 0.3) is 0 Å². The van der Waals surface area contributed by atoms with Gasteiger partial charge in [0.2, 0.25) is 0 Å². The summed E-state index contributed by atoms with van der Waals surface area (Å²) in [6.07, 6.45) is -6.52.